The zero-order valence-corrected chi connectivity index (χ0v) is 20.1. The number of benzene rings is 1. The van der Waals surface area contributed by atoms with Crippen molar-refractivity contribution in [3.05, 3.63) is 65.8 Å². The topological polar surface area (TPSA) is 74.0 Å². The van der Waals surface area contributed by atoms with Crippen molar-refractivity contribution in [3.63, 3.8) is 0 Å². The summed E-state index contributed by atoms with van der Waals surface area (Å²) in [5.74, 6) is -1.76. The van der Waals surface area contributed by atoms with Gasteiger partial charge in [-0.2, -0.15) is 18.4 Å². The number of rotatable bonds is 4. The third-order valence-corrected chi connectivity index (χ3v) is 8.23. The molecule has 0 bridgehead atoms. The van der Waals surface area contributed by atoms with Gasteiger partial charge in [0.2, 0.25) is 0 Å². The summed E-state index contributed by atoms with van der Waals surface area (Å²) in [7, 11) is 0. The van der Waals surface area contributed by atoms with Crippen LogP contribution in [0, 0.1) is 23.2 Å². The molecule has 1 amide bonds. The molecule has 36 heavy (non-hydrogen) atoms. The number of nitrogens with zero attached hydrogens (tertiary/aromatic N) is 4. The van der Waals surface area contributed by atoms with Crippen molar-refractivity contribution < 1.29 is 18.0 Å². The predicted molar refractivity (Wildman–Crippen MR) is 128 cm³/mol. The van der Waals surface area contributed by atoms with Gasteiger partial charge in [0.15, 0.2) is 0 Å². The number of aromatic nitrogens is 2. The molecule has 0 radical (unpaired) electrons. The molecule has 4 heterocycles. The molecule has 6 nitrogen and oxygen atoms in total. The van der Waals surface area contributed by atoms with Crippen molar-refractivity contribution in [1.29, 1.82) is 5.26 Å². The maximum Gasteiger partial charge on any atom is 0.393 e. The van der Waals surface area contributed by atoms with E-state index in [1.54, 1.807) is 4.90 Å². The van der Waals surface area contributed by atoms with Crippen LogP contribution in [-0.2, 0) is 19.5 Å². The second kappa shape index (κ2) is 9.40. The number of carbonyl (C=O) groups excluding carboxylic acids is 1. The van der Waals surface area contributed by atoms with Crippen LogP contribution in [0.4, 0.5) is 13.2 Å². The smallest absolute Gasteiger partial charge is 0.337 e. The molecule has 9 heteroatoms. The van der Waals surface area contributed by atoms with E-state index in [2.05, 4.69) is 29.0 Å². The predicted octanol–water partition coefficient (Wildman–Crippen LogP) is 4.59. The Morgan fingerprint density at radius 3 is 2.81 bits per heavy atom. The molecule has 1 aromatic heterocycles. The molecule has 1 aromatic carbocycles. The highest BCUT2D eigenvalue weighted by atomic mass is 19.4. The van der Waals surface area contributed by atoms with E-state index in [0.717, 1.165) is 19.4 Å². The standard InChI is InChI=1S/C27H30F3N5O/c1-2-21-15-34(11-9-26(21)13-19-6-3-4-7-20(19)14-32-26)25(36)23-17-35-16-22(27(28,29)30)12-18(8-5-10-31)24(35)33-23/h2-4,6-7,17-18,21-22,32H,1,5,8-9,11-16H2/t18?,21-,22?,26+/m1/s1. The molecule has 5 rings (SSSR count). The summed E-state index contributed by atoms with van der Waals surface area (Å²) in [5.41, 5.74) is 2.60. The molecular weight excluding hydrogens is 467 g/mol. The Morgan fingerprint density at radius 2 is 2.08 bits per heavy atom. The Balaban J connectivity index is 1.35. The van der Waals surface area contributed by atoms with Crippen LogP contribution in [0.2, 0.25) is 0 Å². The first-order chi connectivity index (χ1) is 17.2. The van der Waals surface area contributed by atoms with Gasteiger partial charge in [-0.15, -0.1) is 6.58 Å². The van der Waals surface area contributed by atoms with Crippen LogP contribution < -0.4 is 5.32 Å². The Hall–Kier alpha value is -3.12. The molecule has 4 atom stereocenters. The van der Waals surface area contributed by atoms with Gasteiger partial charge >= 0.3 is 6.18 Å². The van der Waals surface area contributed by atoms with Gasteiger partial charge in [0.05, 0.1) is 12.0 Å². The van der Waals surface area contributed by atoms with Gasteiger partial charge in [0, 0.05) is 56.2 Å². The molecule has 1 spiro atoms. The van der Waals surface area contributed by atoms with Crippen molar-refractivity contribution in [3.8, 4) is 6.07 Å². The minimum Gasteiger partial charge on any atom is -0.337 e. The summed E-state index contributed by atoms with van der Waals surface area (Å²) in [6.45, 7) is 5.58. The number of fused-ring (bicyclic) bond motifs is 2. The van der Waals surface area contributed by atoms with Crippen molar-refractivity contribution in [2.45, 2.75) is 62.8 Å². The molecule has 2 unspecified atom stereocenters. The van der Waals surface area contributed by atoms with Crippen molar-refractivity contribution in [2.24, 2.45) is 11.8 Å². The molecule has 0 aliphatic carbocycles. The molecule has 3 aliphatic rings. The first-order valence-corrected chi connectivity index (χ1v) is 12.5. The lowest BCUT2D eigenvalue weighted by molar-refractivity contribution is -0.184. The Bertz CT molecular complexity index is 1200. The minimum absolute atomic E-state index is 0.0267. The summed E-state index contributed by atoms with van der Waals surface area (Å²) >= 11 is 0. The lowest BCUT2D eigenvalue weighted by atomic mass is 9.71. The lowest BCUT2D eigenvalue weighted by Gasteiger charge is -2.50. The number of imidazole rings is 1. The minimum atomic E-state index is -4.33. The van der Waals surface area contributed by atoms with Crippen molar-refractivity contribution in [2.75, 3.05) is 13.1 Å². The van der Waals surface area contributed by atoms with Crippen LogP contribution >= 0.6 is 0 Å². The number of nitrogens with one attached hydrogen (secondary N) is 1. The van der Waals surface area contributed by atoms with Crippen LogP contribution in [0.15, 0.2) is 43.1 Å². The molecule has 1 fully saturated rings. The fraction of sp³-hybridized carbons (Fsp3) is 0.519. The second-order valence-electron chi connectivity index (χ2n) is 10.3. The van der Waals surface area contributed by atoms with Gasteiger partial charge in [-0.25, -0.2) is 4.98 Å². The Labute approximate surface area is 208 Å². The number of amides is 1. The summed E-state index contributed by atoms with van der Waals surface area (Å²) < 4.78 is 42.1. The summed E-state index contributed by atoms with van der Waals surface area (Å²) in [5, 5.41) is 12.7. The van der Waals surface area contributed by atoms with E-state index in [9.17, 15) is 18.0 Å². The van der Waals surface area contributed by atoms with Gasteiger partial charge < -0.3 is 14.8 Å². The van der Waals surface area contributed by atoms with E-state index in [1.807, 2.05) is 24.3 Å². The van der Waals surface area contributed by atoms with Crippen molar-refractivity contribution in [1.82, 2.24) is 19.8 Å². The summed E-state index contributed by atoms with van der Waals surface area (Å²) in [4.78, 5) is 19.7. The average Bonchev–Trinajstić information content (AvgIpc) is 3.31. The third-order valence-electron chi connectivity index (χ3n) is 8.23. The number of halogens is 3. The van der Waals surface area contributed by atoms with Gasteiger partial charge in [-0.1, -0.05) is 30.3 Å². The van der Waals surface area contributed by atoms with E-state index < -0.39 is 18.0 Å². The molecular formula is C27H30F3N5O. The number of hydrogen-bond acceptors (Lipinski definition) is 4. The fourth-order valence-electron chi connectivity index (χ4n) is 6.17. The number of hydrogen-bond donors (Lipinski definition) is 1. The molecule has 2 aromatic rings. The SMILES string of the molecule is C=C[C@@H]1CN(C(=O)c2cn3c(n2)C(CCC#N)CC(C(F)(F)F)C3)CC[C@]12Cc1ccccc1CN2. The van der Waals surface area contributed by atoms with Crippen LogP contribution in [0.3, 0.4) is 0 Å². The average molecular weight is 498 g/mol. The number of piperidine rings is 1. The number of carbonyl (C=O) groups is 1. The Morgan fingerprint density at radius 1 is 1.31 bits per heavy atom. The van der Waals surface area contributed by atoms with Gasteiger partial charge in [0.25, 0.3) is 5.91 Å². The number of nitriles is 1. The van der Waals surface area contributed by atoms with Gasteiger partial charge in [0.1, 0.15) is 11.5 Å². The first kappa shape index (κ1) is 24.6. The lowest BCUT2D eigenvalue weighted by Crippen LogP contribution is -2.62. The van der Waals surface area contributed by atoms with Crippen LogP contribution in [0.25, 0.3) is 0 Å². The molecule has 190 valence electrons. The molecule has 1 N–H and O–H groups in total. The van der Waals surface area contributed by atoms with E-state index in [-0.39, 0.29) is 42.4 Å². The zero-order chi connectivity index (χ0) is 25.5. The van der Waals surface area contributed by atoms with Crippen LogP contribution in [0.1, 0.15) is 59.0 Å². The largest absolute Gasteiger partial charge is 0.393 e. The van der Waals surface area contributed by atoms with Gasteiger partial charge in [-0.05, 0) is 36.8 Å². The monoisotopic (exact) mass is 497 g/mol. The number of likely N-dealkylation sites (tertiary alicyclic amines) is 1. The third kappa shape index (κ3) is 4.43. The van der Waals surface area contributed by atoms with E-state index in [4.69, 9.17) is 5.26 Å². The normalized spacial score (nSPS) is 27.7. The summed E-state index contributed by atoms with van der Waals surface area (Å²) in [6, 6.07) is 10.4. The molecule has 3 aliphatic heterocycles. The van der Waals surface area contributed by atoms with Gasteiger partial charge in [-0.3, -0.25) is 4.79 Å². The van der Waals surface area contributed by atoms with Crippen molar-refractivity contribution >= 4 is 5.91 Å². The maximum absolute atomic E-state index is 13.5. The maximum atomic E-state index is 13.5. The summed E-state index contributed by atoms with van der Waals surface area (Å²) in [6.07, 6.45) is 0.997. The fourth-order valence-corrected chi connectivity index (χ4v) is 6.17. The van der Waals surface area contributed by atoms with Crippen LogP contribution in [0.5, 0.6) is 0 Å². The zero-order valence-electron chi connectivity index (χ0n) is 20.1. The highest BCUT2D eigenvalue weighted by molar-refractivity contribution is 5.92. The number of alkyl halides is 3. The highest BCUT2D eigenvalue weighted by Crippen LogP contribution is 2.42. The highest BCUT2D eigenvalue weighted by Gasteiger charge is 2.46. The van der Waals surface area contributed by atoms with E-state index in [0.29, 0.717) is 25.3 Å². The molecule has 1 saturated heterocycles. The van der Waals surface area contributed by atoms with E-state index >= 15 is 0 Å². The van der Waals surface area contributed by atoms with E-state index in [1.165, 1.54) is 21.9 Å². The Kier molecular flexibility index (Phi) is 6.41. The molecule has 0 saturated carbocycles. The quantitative estimate of drug-likeness (QED) is 0.628. The van der Waals surface area contributed by atoms with Crippen LogP contribution in [-0.4, -0.2) is 45.2 Å². The second-order valence-corrected chi connectivity index (χ2v) is 10.3. The first-order valence-electron chi connectivity index (χ1n) is 12.5.